The number of nitrogens with one attached hydrogen (secondary N) is 2. The minimum atomic E-state index is -4.58. The molecular formula is C15H15ClF3N5O2S. The number of pyridine rings is 1. The van der Waals surface area contributed by atoms with Gasteiger partial charge in [0.05, 0.1) is 16.3 Å². The molecule has 0 spiro atoms. The molecule has 3 rings (SSSR count). The number of hydrogen-bond acceptors (Lipinski definition) is 5. The van der Waals surface area contributed by atoms with E-state index in [2.05, 4.69) is 20.8 Å². The molecule has 1 fully saturated rings. The summed E-state index contributed by atoms with van der Waals surface area (Å²) in [4.78, 5) is 23.7. The Morgan fingerprint density at radius 1 is 1.30 bits per heavy atom. The van der Waals surface area contributed by atoms with Crippen LogP contribution in [0, 0.1) is 0 Å². The molecule has 2 heterocycles. The summed E-state index contributed by atoms with van der Waals surface area (Å²) >= 11 is 6.68. The first-order valence-corrected chi connectivity index (χ1v) is 9.45. The first kappa shape index (κ1) is 19.7. The third kappa shape index (κ3) is 4.83. The molecule has 0 radical (unpaired) electrons. The van der Waals surface area contributed by atoms with Crippen LogP contribution in [0.3, 0.4) is 0 Å². The van der Waals surface area contributed by atoms with Crippen LogP contribution in [0.5, 0.6) is 0 Å². The van der Waals surface area contributed by atoms with Gasteiger partial charge < -0.3 is 5.32 Å². The minimum Gasteiger partial charge on any atom is -0.335 e. The number of hydrogen-bond donors (Lipinski definition) is 2. The Balaban J connectivity index is 1.63. The van der Waals surface area contributed by atoms with Crippen LogP contribution in [0.1, 0.15) is 31.2 Å². The van der Waals surface area contributed by atoms with Crippen molar-refractivity contribution in [2.24, 2.45) is 0 Å². The smallest absolute Gasteiger partial charge is 0.335 e. The second kappa shape index (κ2) is 7.93. The normalized spacial score (nSPS) is 15.3. The third-order valence-electron chi connectivity index (χ3n) is 4.03. The van der Waals surface area contributed by atoms with Gasteiger partial charge in [0.15, 0.2) is 10.8 Å². The van der Waals surface area contributed by atoms with Gasteiger partial charge in [-0.15, -0.1) is 10.2 Å². The third-order valence-corrected chi connectivity index (χ3v) is 5.25. The van der Waals surface area contributed by atoms with Crippen molar-refractivity contribution in [1.82, 2.24) is 25.2 Å². The number of alkyl halides is 3. The maximum Gasteiger partial charge on any atom is 0.417 e. The van der Waals surface area contributed by atoms with E-state index in [0.29, 0.717) is 0 Å². The molecule has 0 atom stereocenters. The zero-order chi connectivity index (χ0) is 19.6. The van der Waals surface area contributed by atoms with E-state index < -0.39 is 23.7 Å². The summed E-state index contributed by atoms with van der Waals surface area (Å²) in [5.74, 6) is -0.808. The average molecular weight is 422 g/mol. The van der Waals surface area contributed by atoms with Crippen molar-refractivity contribution in [3.8, 4) is 0 Å². The number of imide groups is 1. The predicted molar refractivity (Wildman–Crippen MR) is 92.7 cm³/mol. The Labute approximate surface area is 161 Å². The molecule has 1 aliphatic carbocycles. The van der Waals surface area contributed by atoms with Crippen molar-refractivity contribution in [3.63, 3.8) is 0 Å². The lowest BCUT2D eigenvalue weighted by Crippen LogP contribution is -2.44. The van der Waals surface area contributed by atoms with Crippen LogP contribution < -0.4 is 10.6 Å². The van der Waals surface area contributed by atoms with Gasteiger partial charge in [-0.1, -0.05) is 36.2 Å². The Kier molecular flexibility index (Phi) is 5.80. The highest BCUT2D eigenvalue weighted by Crippen LogP contribution is 2.33. The summed E-state index contributed by atoms with van der Waals surface area (Å²) in [6.45, 7) is 0. The molecule has 27 heavy (non-hydrogen) atoms. The van der Waals surface area contributed by atoms with E-state index in [4.69, 9.17) is 11.6 Å². The fourth-order valence-corrected chi connectivity index (χ4v) is 3.73. The molecule has 2 aromatic rings. The number of urea groups is 1. The van der Waals surface area contributed by atoms with Crippen molar-refractivity contribution in [3.05, 3.63) is 22.8 Å². The van der Waals surface area contributed by atoms with E-state index in [1.165, 1.54) is 0 Å². The largest absolute Gasteiger partial charge is 0.417 e. The number of thioether (sulfide) groups is 1. The molecule has 0 bridgehead atoms. The molecule has 1 aliphatic rings. The van der Waals surface area contributed by atoms with Gasteiger partial charge in [0, 0.05) is 12.2 Å². The number of nitrogens with zero attached hydrogens (tertiary/aromatic N) is 3. The molecule has 3 amide bonds. The van der Waals surface area contributed by atoms with Crippen molar-refractivity contribution in [2.45, 2.75) is 43.1 Å². The van der Waals surface area contributed by atoms with Crippen LogP contribution in [0.2, 0.25) is 5.02 Å². The lowest BCUT2D eigenvalue weighted by Gasteiger charge is -2.12. The Morgan fingerprint density at radius 2 is 2.00 bits per heavy atom. The number of fused-ring (bicyclic) bond motifs is 1. The quantitative estimate of drug-likeness (QED) is 0.740. The molecule has 2 N–H and O–H groups in total. The lowest BCUT2D eigenvalue weighted by atomic mass is 10.2. The zero-order valence-electron chi connectivity index (χ0n) is 13.8. The second-order valence-electron chi connectivity index (χ2n) is 6.04. The average Bonchev–Trinajstić information content (AvgIpc) is 3.21. The number of amides is 3. The Morgan fingerprint density at radius 3 is 2.67 bits per heavy atom. The summed E-state index contributed by atoms with van der Waals surface area (Å²) in [6.07, 6.45) is 0.0666. The van der Waals surface area contributed by atoms with Crippen LogP contribution in [-0.4, -0.2) is 38.3 Å². The minimum absolute atomic E-state index is 0.0477. The van der Waals surface area contributed by atoms with E-state index >= 15 is 0 Å². The molecule has 12 heteroatoms. The summed E-state index contributed by atoms with van der Waals surface area (Å²) < 4.78 is 39.9. The highest BCUT2D eigenvalue weighted by atomic mass is 35.5. The molecule has 0 aliphatic heterocycles. The van der Waals surface area contributed by atoms with Gasteiger partial charge >= 0.3 is 12.2 Å². The van der Waals surface area contributed by atoms with Crippen molar-refractivity contribution in [2.75, 3.05) is 5.75 Å². The summed E-state index contributed by atoms with van der Waals surface area (Å²) in [5.41, 5.74) is -0.909. The molecule has 0 aromatic carbocycles. The first-order chi connectivity index (χ1) is 12.7. The number of carbonyl (C=O) groups excluding carboxylic acids is 2. The summed E-state index contributed by atoms with van der Waals surface area (Å²) in [7, 11) is 0. The van der Waals surface area contributed by atoms with Crippen molar-refractivity contribution < 1.29 is 22.8 Å². The number of aromatic nitrogens is 3. The second-order valence-corrected chi connectivity index (χ2v) is 7.39. The molecule has 7 nitrogen and oxygen atoms in total. The molecule has 0 saturated heterocycles. The van der Waals surface area contributed by atoms with E-state index in [9.17, 15) is 22.8 Å². The number of rotatable bonds is 4. The standard InChI is InChI=1S/C15H15ClF3N5O2S/c16-10-5-8(15(17,18)19)6-24-12(10)22-23-14(24)27-7-11(25)21-13(26)20-9-3-1-2-4-9/h5-6,9H,1-4,7H2,(H2,20,21,25,26). The monoisotopic (exact) mass is 421 g/mol. The molecular weight excluding hydrogens is 407 g/mol. The van der Waals surface area contributed by atoms with Gasteiger partial charge in [0.1, 0.15) is 0 Å². The van der Waals surface area contributed by atoms with Gasteiger partial charge in [-0.2, -0.15) is 13.2 Å². The van der Waals surface area contributed by atoms with Crippen LogP contribution in [-0.2, 0) is 11.0 Å². The highest BCUT2D eigenvalue weighted by molar-refractivity contribution is 7.99. The summed E-state index contributed by atoms with van der Waals surface area (Å²) in [5, 5.41) is 12.2. The Bertz CT molecular complexity index is 867. The lowest BCUT2D eigenvalue weighted by molar-refractivity contribution is -0.137. The maximum atomic E-state index is 12.9. The SMILES string of the molecule is O=C(CSc1nnc2c(Cl)cc(C(F)(F)F)cn12)NC(=O)NC1CCCC1. The molecule has 0 unspecified atom stereocenters. The van der Waals surface area contributed by atoms with Gasteiger partial charge in [-0.25, -0.2) is 4.79 Å². The van der Waals surface area contributed by atoms with Crippen LogP contribution in [0.15, 0.2) is 17.4 Å². The zero-order valence-corrected chi connectivity index (χ0v) is 15.4. The summed E-state index contributed by atoms with van der Waals surface area (Å²) in [6, 6.07) is 0.245. The van der Waals surface area contributed by atoms with Gasteiger partial charge in [-0.05, 0) is 18.9 Å². The maximum absolute atomic E-state index is 12.9. The molecule has 146 valence electrons. The highest BCUT2D eigenvalue weighted by Gasteiger charge is 2.32. The topological polar surface area (TPSA) is 88.4 Å². The predicted octanol–water partition coefficient (Wildman–Crippen LogP) is 3.26. The van der Waals surface area contributed by atoms with E-state index in [1.54, 1.807) is 0 Å². The van der Waals surface area contributed by atoms with Crippen molar-refractivity contribution in [1.29, 1.82) is 0 Å². The fraction of sp³-hybridized carbons (Fsp3) is 0.467. The van der Waals surface area contributed by atoms with Crippen molar-refractivity contribution >= 4 is 40.9 Å². The van der Waals surface area contributed by atoms with E-state index in [-0.39, 0.29) is 27.6 Å². The van der Waals surface area contributed by atoms with Gasteiger partial charge in [0.2, 0.25) is 5.91 Å². The fourth-order valence-electron chi connectivity index (χ4n) is 2.77. The van der Waals surface area contributed by atoms with Gasteiger partial charge in [0.25, 0.3) is 0 Å². The van der Waals surface area contributed by atoms with Crippen LogP contribution >= 0.6 is 23.4 Å². The van der Waals surface area contributed by atoms with Crippen LogP contribution in [0.4, 0.5) is 18.0 Å². The van der Waals surface area contributed by atoms with E-state index in [0.717, 1.165) is 54.1 Å². The van der Waals surface area contributed by atoms with E-state index in [1.807, 2.05) is 0 Å². The Hall–Kier alpha value is -2.01. The number of halogens is 4. The van der Waals surface area contributed by atoms with Gasteiger partial charge in [-0.3, -0.25) is 14.5 Å². The first-order valence-electron chi connectivity index (χ1n) is 8.08. The molecule has 1 saturated carbocycles. The molecule has 2 aromatic heterocycles. The van der Waals surface area contributed by atoms with Crippen LogP contribution in [0.25, 0.3) is 5.65 Å². The number of carbonyl (C=O) groups is 2.